The van der Waals surface area contributed by atoms with E-state index >= 15 is 0 Å². The summed E-state index contributed by atoms with van der Waals surface area (Å²) in [5.41, 5.74) is 1.10. The fourth-order valence-corrected chi connectivity index (χ4v) is 3.62. The average molecular weight is 314 g/mol. The standard InChI is InChI=1S/C15H17Cl2NS/c1-3-11-5-6-12(19-11)9-15(18-2)13-7-4-10(16)8-14(13)17/h4-8,15,18H,3,9H2,1-2H3. The van der Waals surface area contributed by atoms with Crippen molar-refractivity contribution >= 4 is 34.5 Å². The van der Waals surface area contributed by atoms with E-state index in [0.717, 1.165) is 23.4 Å². The summed E-state index contributed by atoms with van der Waals surface area (Å²) >= 11 is 14.1. The Balaban J connectivity index is 2.19. The van der Waals surface area contributed by atoms with Gasteiger partial charge in [0.2, 0.25) is 0 Å². The van der Waals surface area contributed by atoms with Gasteiger partial charge in [0, 0.05) is 32.3 Å². The largest absolute Gasteiger partial charge is 0.313 e. The molecule has 0 amide bonds. The molecule has 1 unspecified atom stereocenters. The molecular weight excluding hydrogens is 297 g/mol. The zero-order chi connectivity index (χ0) is 13.8. The molecule has 0 aliphatic heterocycles. The molecule has 1 N–H and O–H groups in total. The van der Waals surface area contributed by atoms with Gasteiger partial charge in [-0.25, -0.2) is 0 Å². The molecule has 1 aromatic heterocycles. The van der Waals surface area contributed by atoms with Crippen molar-refractivity contribution in [1.82, 2.24) is 5.32 Å². The van der Waals surface area contributed by atoms with Gasteiger partial charge >= 0.3 is 0 Å². The monoisotopic (exact) mass is 313 g/mol. The third-order valence-corrected chi connectivity index (χ3v) is 4.97. The molecule has 1 nitrogen and oxygen atoms in total. The third kappa shape index (κ3) is 3.73. The Morgan fingerprint density at radius 1 is 1.16 bits per heavy atom. The molecule has 0 spiro atoms. The van der Waals surface area contributed by atoms with E-state index in [1.807, 2.05) is 30.5 Å². The number of halogens is 2. The SMILES string of the molecule is CCc1ccc(CC(NC)c2ccc(Cl)cc2Cl)s1. The Morgan fingerprint density at radius 3 is 2.47 bits per heavy atom. The number of benzene rings is 1. The first-order valence-corrected chi connectivity index (χ1v) is 7.91. The number of hydrogen-bond acceptors (Lipinski definition) is 2. The number of rotatable bonds is 5. The highest BCUT2D eigenvalue weighted by Gasteiger charge is 2.14. The molecule has 2 rings (SSSR count). The Hall–Kier alpha value is -0.540. The van der Waals surface area contributed by atoms with Crippen LogP contribution in [0.4, 0.5) is 0 Å². The first kappa shape index (κ1) is 14.9. The maximum atomic E-state index is 6.28. The summed E-state index contributed by atoms with van der Waals surface area (Å²) in [7, 11) is 1.96. The maximum absolute atomic E-state index is 6.28. The predicted octanol–water partition coefficient (Wildman–Crippen LogP) is 5.12. The fourth-order valence-electron chi connectivity index (χ4n) is 2.07. The zero-order valence-electron chi connectivity index (χ0n) is 11.0. The normalized spacial score (nSPS) is 12.6. The van der Waals surface area contributed by atoms with E-state index in [1.165, 1.54) is 9.75 Å². The first-order chi connectivity index (χ1) is 9.13. The van der Waals surface area contributed by atoms with Crippen molar-refractivity contribution in [3.63, 3.8) is 0 Å². The Bertz CT molecular complexity index is 551. The molecular formula is C15H17Cl2NS. The lowest BCUT2D eigenvalue weighted by atomic mass is 10.0. The van der Waals surface area contributed by atoms with Crippen LogP contribution in [0, 0.1) is 0 Å². The highest BCUT2D eigenvalue weighted by molar-refractivity contribution is 7.11. The molecule has 0 saturated heterocycles. The minimum Gasteiger partial charge on any atom is -0.313 e. The van der Waals surface area contributed by atoms with Gasteiger partial charge in [0.05, 0.1) is 0 Å². The lowest BCUT2D eigenvalue weighted by Gasteiger charge is -2.17. The van der Waals surface area contributed by atoms with Gasteiger partial charge in [-0.05, 0) is 43.3 Å². The van der Waals surface area contributed by atoms with Crippen LogP contribution < -0.4 is 5.32 Å². The number of aryl methyl sites for hydroxylation is 1. The molecule has 19 heavy (non-hydrogen) atoms. The van der Waals surface area contributed by atoms with Crippen LogP contribution in [0.1, 0.15) is 28.3 Å². The van der Waals surface area contributed by atoms with E-state index in [0.29, 0.717) is 5.02 Å². The lowest BCUT2D eigenvalue weighted by molar-refractivity contribution is 0.597. The molecule has 102 valence electrons. The molecule has 1 atom stereocenters. The van der Waals surface area contributed by atoms with Crippen molar-refractivity contribution < 1.29 is 0 Å². The minimum atomic E-state index is 0.216. The molecule has 1 aromatic carbocycles. The molecule has 0 radical (unpaired) electrons. The van der Waals surface area contributed by atoms with Crippen LogP contribution in [0.15, 0.2) is 30.3 Å². The Morgan fingerprint density at radius 2 is 1.89 bits per heavy atom. The molecule has 2 aromatic rings. The smallest absolute Gasteiger partial charge is 0.0468 e. The van der Waals surface area contributed by atoms with Crippen LogP contribution in [0.5, 0.6) is 0 Å². The number of nitrogens with one attached hydrogen (secondary N) is 1. The van der Waals surface area contributed by atoms with Crippen molar-refractivity contribution in [2.75, 3.05) is 7.05 Å². The minimum absolute atomic E-state index is 0.216. The molecule has 0 fully saturated rings. The van der Waals surface area contributed by atoms with Crippen molar-refractivity contribution in [3.8, 4) is 0 Å². The second-order valence-electron chi connectivity index (χ2n) is 4.43. The van der Waals surface area contributed by atoms with Gasteiger partial charge in [-0.1, -0.05) is 36.2 Å². The highest BCUT2D eigenvalue weighted by atomic mass is 35.5. The van der Waals surface area contributed by atoms with Gasteiger partial charge in [0.25, 0.3) is 0 Å². The van der Waals surface area contributed by atoms with Crippen LogP contribution >= 0.6 is 34.5 Å². The number of likely N-dealkylation sites (N-methyl/N-ethyl adjacent to an activating group) is 1. The van der Waals surface area contributed by atoms with Gasteiger partial charge in [0.1, 0.15) is 0 Å². The van der Waals surface area contributed by atoms with Crippen molar-refractivity contribution in [3.05, 3.63) is 55.7 Å². The second-order valence-corrected chi connectivity index (χ2v) is 6.53. The van der Waals surface area contributed by atoms with Crippen molar-refractivity contribution in [1.29, 1.82) is 0 Å². The summed E-state index contributed by atoms with van der Waals surface area (Å²) < 4.78 is 0. The summed E-state index contributed by atoms with van der Waals surface area (Å²) in [6.45, 7) is 2.18. The molecule has 1 heterocycles. The number of hydrogen-bond donors (Lipinski definition) is 1. The van der Waals surface area contributed by atoms with Crippen LogP contribution in [-0.4, -0.2) is 7.05 Å². The molecule has 4 heteroatoms. The second kappa shape index (κ2) is 6.76. The summed E-state index contributed by atoms with van der Waals surface area (Å²) in [6.07, 6.45) is 2.04. The van der Waals surface area contributed by atoms with Gasteiger partial charge in [-0.3, -0.25) is 0 Å². The summed E-state index contributed by atoms with van der Waals surface area (Å²) in [4.78, 5) is 2.80. The maximum Gasteiger partial charge on any atom is 0.0468 e. The average Bonchev–Trinajstić information content (AvgIpc) is 2.84. The summed E-state index contributed by atoms with van der Waals surface area (Å²) in [6, 6.07) is 10.3. The van der Waals surface area contributed by atoms with Crippen LogP contribution in [-0.2, 0) is 12.8 Å². The summed E-state index contributed by atoms with van der Waals surface area (Å²) in [5.74, 6) is 0. The highest BCUT2D eigenvalue weighted by Crippen LogP contribution is 2.30. The van der Waals surface area contributed by atoms with E-state index in [9.17, 15) is 0 Å². The fraction of sp³-hybridized carbons (Fsp3) is 0.333. The molecule has 0 aliphatic carbocycles. The molecule has 0 bridgehead atoms. The van der Waals surface area contributed by atoms with E-state index in [4.69, 9.17) is 23.2 Å². The predicted molar refractivity (Wildman–Crippen MR) is 85.7 cm³/mol. The van der Waals surface area contributed by atoms with E-state index in [-0.39, 0.29) is 6.04 Å². The van der Waals surface area contributed by atoms with Gasteiger partial charge in [-0.2, -0.15) is 0 Å². The first-order valence-electron chi connectivity index (χ1n) is 6.33. The lowest BCUT2D eigenvalue weighted by Crippen LogP contribution is -2.18. The third-order valence-electron chi connectivity index (χ3n) is 3.16. The van der Waals surface area contributed by atoms with Gasteiger partial charge in [0.15, 0.2) is 0 Å². The topological polar surface area (TPSA) is 12.0 Å². The van der Waals surface area contributed by atoms with E-state index < -0.39 is 0 Å². The van der Waals surface area contributed by atoms with E-state index in [2.05, 4.69) is 24.4 Å². The van der Waals surface area contributed by atoms with Gasteiger partial charge < -0.3 is 5.32 Å². The van der Waals surface area contributed by atoms with Crippen LogP contribution in [0.25, 0.3) is 0 Å². The van der Waals surface area contributed by atoms with E-state index in [1.54, 1.807) is 6.07 Å². The van der Waals surface area contributed by atoms with Crippen LogP contribution in [0.3, 0.4) is 0 Å². The number of thiophene rings is 1. The Kier molecular flexibility index (Phi) is 5.28. The van der Waals surface area contributed by atoms with Crippen LogP contribution in [0.2, 0.25) is 10.0 Å². The molecule has 0 saturated carbocycles. The molecule has 0 aliphatic rings. The quantitative estimate of drug-likeness (QED) is 0.807. The summed E-state index contributed by atoms with van der Waals surface area (Å²) in [5, 5.41) is 4.73. The zero-order valence-corrected chi connectivity index (χ0v) is 13.4. The van der Waals surface area contributed by atoms with Crippen molar-refractivity contribution in [2.24, 2.45) is 0 Å². The van der Waals surface area contributed by atoms with Gasteiger partial charge in [-0.15, -0.1) is 11.3 Å². The van der Waals surface area contributed by atoms with Crippen molar-refractivity contribution in [2.45, 2.75) is 25.8 Å². The Labute approximate surface area is 128 Å².